The Balaban J connectivity index is 1.32. The second-order valence-electron chi connectivity index (χ2n) is 8.92. The molecule has 0 aliphatic heterocycles. The summed E-state index contributed by atoms with van der Waals surface area (Å²) in [5.74, 6) is -2.71. The molecule has 0 saturated heterocycles. The van der Waals surface area contributed by atoms with E-state index in [1.807, 2.05) is 38.2 Å². The molecule has 2 N–H and O–H groups in total. The Kier molecular flexibility index (Phi) is 7.53. The summed E-state index contributed by atoms with van der Waals surface area (Å²) >= 11 is 0. The van der Waals surface area contributed by atoms with Crippen LogP contribution < -0.4 is 15.5 Å². The van der Waals surface area contributed by atoms with Gasteiger partial charge in [0.1, 0.15) is 17.5 Å². The van der Waals surface area contributed by atoms with Crippen LogP contribution in [-0.4, -0.2) is 35.0 Å². The number of hydrogen-bond acceptors (Lipinski definition) is 5. The van der Waals surface area contributed by atoms with Gasteiger partial charge in [-0.3, -0.25) is 4.79 Å². The van der Waals surface area contributed by atoms with Gasteiger partial charge in [-0.25, -0.2) is 23.1 Å². The fourth-order valence-corrected chi connectivity index (χ4v) is 4.31. The van der Waals surface area contributed by atoms with Gasteiger partial charge in [-0.05, 0) is 50.3 Å². The van der Waals surface area contributed by atoms with Gasteiger partial charge >= 0.3 is 0 Å². The van der Waals surface area contributed by atoms with Crippen molar-refractivity contribution in [2.24, 2.45) is 0 Å². The first-order valence-corrected chi connectivity index (χ1v) is 11.6. The standard InChI is InChI=1S/C26H28F3N5O/c1-16-30-23(14-24(31-16)34(2)15-17-6-4-3-5-7-17)32-19-8-10-20(11-9-19)33-26(35)18-12-21(27)25(29)22(28)13-18/h3-7,12-14,19-20H,8-11,15H2,1-2H3,(H,33,35)(H,30,31,32). The number of aromatic nitrogens is 2. The number of halogens is 3. The van der Waals surface area contributed by atoms with E-state index in [4.69, 9.17) is 0 Å². The fourth-order valence-electron chi connectivity index (χ4n) is 4.31. The highest BCUT2D eigenvalue weighted by Gasteiger charge is 2.24. The highest BCUT2D eigenvalue weighted by molar-refractivity contribution is 5.94. The lowest BCUT2D eigenvalue weighted by Gasteiger charge is -2.30. The first-order valence-electron chi connectivity index (χ1n) is 11.6. The van der Waals surface area contributed by atoms with Crippen LogP contribution in [0.1, 0.15) is 47.4 Å². The minimum atomic E-state index is -1.58. The third-order valence-electron chi connectivity index (χ3n) is 6.14. The molecule has 1 fully saturated rings. The third kappa shape index (κ3) is 6.29. The van der Waals surface area contributed by atoms with E-state index in [1.165, 1.54) is 5.56 Å². The van der Waals surface area contributed by atoms with Gasteiger partial charge in [-0.2, -0.15) is 0 Å². The van der Waals surface area contributed by atoms with Crippen LogP contribution in [0.5, 0.6) is 0 Å². The van der Waals surface area contributed by atoms with E-state index in [0.717, 1.165) is 31.0 Å². The number of carbonyl (C=O) groups is 1. The normalized spacial score (nSPS) is 17.6. The van der Waals surface area contributed by atoms with Crippen LogP contribution in [0, 0.1) is 24.4 Å². The molecule has 0 spiro atoms. The van der Waals surface area contributed by atoms with Crippen LogP contribution in [0.25, 0.3) is 0 Å². The molecule has 184 valence electrons. The van der Waals surface area contributed by atoms with Crippen molar-refractivity contribution in [2.75, 3.05) is 17.3 Å². The molecule has 0 radical (unpaired) electrons. The lowest BCUT2D eigenvalue weighted by atomic mass is 9.91. The van der Waals surface area contributed by atoms with Crippen LogP contribution in [0.15, 0.2) is 48.5 Å². The Morgan fingerprint density at radius 1 is 0.971 bits per heavy atom. The summed E-state index contributed by atoms with van der Waals surface area (Å²) in [5, 5.41) is 6.27. The highest BCUT2D eigenvalue weighted by atomic mass is 19.2. The molecule has 6 nitrogen and oxygen atoms in total. The second-order valence-corrected chi connectivity index (χ2v) is 8.92. The summed E-state index contributed by atoms with van der Waals surface area (Å²) in [5.41, 5.74) is 0.956. The van der Waals surface area contributed by atoms with Crippen LogP contribution in [0.3, 0.4) is 0 Å². The molecule has 1 amide bonds. The molecule has 0 atom stereocenters. The molecule has 2 aromatic carbocycles. The lowest BCUT2D eigenvalue weighted by Crippen LogP contribution is -2.40. The van der Waals surface area contributed by atoms with Gasteiger partial charge in [0.05, 0.1) is 0 Å². The number of benzene rings is 2. The first-order chi connectivity index (χ1) is 16.8. The van der Waals surface area contributed by atoms with Crippen molar-refractivity contribution in [3.05, 3.63) is 82.9 Å². The predicted molar refractivity (Wildman–Crippen MR) is 129 cm³/mol. The van der Waals surface area contributed by atoms with Crippen molar-refractivity contribution in [3.8, 4) is 0 Å². The summed E-state index contributed by atoms with van der Waals surface area (Å²) < 4.78 is 40.0. The first kappa shape index (κ1) is 24.5. The zero-order chi connectivity index (χ0) is 24.9. The summed E-state index contributed by atoms with van der Waals surface area (Å²) in [6.45, 7) is 2.59. The summed E-state index contributed by atoms with van der Waals surface area (Å²) in [6.07, 6.45) is 2.96. The monoisotopic (exact) mass is 483 g/mol. The van der Waals surface area contributed by atoms with E-state index in [9.17, 15) is 18.0 Å². The minimum Gasteiger partial charge on any atom is -0.367 e. The van der Waals surface area contributed by atoms with Crippen molar-refractivity contribution < 1.29 is 18.0 Å². The molecule has 1 heterocycles. The van der Waals surface area contributed by atoms with Gasteiger partial charge < -0.3 is 15.5 Å². The SMILES string of the molecule is Cc1nc(NC2CCC(NC(=O)c3cc(F)c(F)c(F)c3)CC2)cc(N(C)Cc2ccccc2)n1. The zero-order valence-corrected chi connectivity index (χ0v) is 19.7. The molecular weight excluding hydrogens is 455 g/mol. The molecule has 1 aromatic heterocycles. The van der Waals surface area contributed by atoms with E-state index in [1.54, 1.807) is 0 Å². The van der Waals surface area contributed by atoms with Crippen molar-refractivity contribution in [2.45, 2.75) is 51.2 Å². The summed E-state index contributed by atoms with van der Waals surface area (Å²) in [7, 11) is 1.99. The van der Waals surface area contributed by atoms with Gasteiger partial charge in [0.2, 0.25) is 0 Å². The van der Waals surface area contributed by atoms with Gasteiger partial charge in [-0.15, -0.1) is 0 Å². The van der Waals surface area contributed by atoms with Gasteiger partial charge in [-0.1, -0.05) is 30.3 Å². The number of nitrogens with one attached hydrogen (secondary N) is 2. The van der Waals surface area contributed by atoms with Crippen LogP contribution in [0.4, 0.5) is 24.8 Å². The molecule has 1 aliphatic carbocycles. The molecule has 35 heavy (non-hydrogen) atoms. The van der Waals surface area contributed by atoms with Gasteiger partial charge in [0, 0.05) is 37.3 Å². The van der Waals surface area contributed by atoms with Crippen molar-refractivity contribution in [1.29, 1.82) is 0 Å². The summed E-state index contributed by atoms with van der Waals surface area (Å²) in [4.78, 5) is 23.5. The number of nitrogens with zero attached hydrogens (tertiary/aromatic N) is 3. The Labute approximate surface area is 202 Å². The number of hydrogen-bond donors (Lipinski definition) is 2. The molecule has 0 unspecified atom stereocenters. The zero-order valence-electron chi connectivity index (χ0n) is 19.7. The van der Waals surface area contributed by atoms with E-state index in [0.29, 0.717) is 30.8 Å². The Morgan fingerprint density at radius 2 is 1.60 bits per heavy atom. The maximum absolute atomic E-state index is 13.4. The van der Waals surface area contributed by atoms with Crippen molar-refractivity contribution in [1.82, 2.24) is 15.3 Å². The van der Waals surface area contributed by atoms with Crippen molar-refractivity contribution >= 4 is 17.5 Å². The van der Waals surface area contributed by atoms with Crippen LogP contribution in [0.2, 0.25) is 0 Å². The molecule has 3 aromatic rings. The second kappa shape index (κ2) is 10.8. The lowest BCUT2D eigenvalue weighted by molar-refractivity contribution is 0.0925. The maximum Gasteiger partial charge on any atom is 0.251 e. The molecule has 1 aliphatic rings. The minimum absolute atomic E-state index is 0.128. The number of anilines is 2. The Hall–Kier alpha value is -3.62. The Morgan fingerprint density at radius 3 is 2.26 bits per heavy atom. The van der Waals surface area contributed by atoms with E-state index < -0.39 is 23.4 Å². The van der Waals surface area contributed by atoms with Crippen LogP contribution >= 0.6 is 0 Å². The molecule has 4 rings (SSSR count). The largest absolute Gasteiger partial charge is 0.367 e. The summed E-state index contributed by atoms with van der Waals surface area (Å²) in [6, 6.07) is 13.6. The van der Waals surface area contributed by atoms with Crippen LogP contribution in [-0.2, 0) is 6.54 Å². The van der Waals surface area contributed by atoms with E-state index in [-0.39, 0.29) is 17.6 Å². The fraction of sp³-hybridized carbons (Fsp3) is 0.346. The highest BCUT2D eigenvalue weighted by Crippen LogP contribution is 2.24. The number of aryl methyl sites for hydroxylation is 1. The van der Waals surface area contributed by atoms with Crippen molar-refractivity contribution in [3.63, 3.8) is 0 Å². The smallest absolute Gasteiger partial charge is 0.251 e. The molecular formula is C26H28F3N5O. The predicted octanol–water partition coefficient (Wildman–Crippen LogP) is 4.99. The number of carbonyl (C=O) groups excluding carboxylic acids is 1. The molecule has 1 saturated carbocycles. The quantitative estimate of drug-likeness (QED) is 0.464. The van der Waals surface area contributed by atoms with Gasteiger partial charge in [0.15, 0.2) is 17.5 Å². The maximum atomic E-state index is 13.4. The van der Waals surface area contributed by atoms with E-state index in [2.05, 4.69) is 37.6 Å². The topological polar surface area (TPSA) is 70.2 Å². The molecule has 0 bridgehead atoms. The number of amides is 1. The van der Waals surface area contributed by atoms with E-state index >= 15 is 0 Å². The third-order valence-corrected chi connectivity index (χ3v) is 6.14. The van der Waals surface area contributed by atoms with Gasteiger partial charge in [0.25, 0.3) is 5.91 Å². The molecule has 9 heteroatoms. The average Bonchev–Trinajstić information content (AvgIpc) is 2.83. The average molecular weight is 484 g/mol. The number of rotatable bonds is 7. The Bertz CT molecular complexity index is 1160.